The third-order valence-corrected chi connectivity index (χ3v) is 4.08. The fraction of sp³-hybridized carbons (Fsp3) is 0.500. The lowest BCUT2D eigenvalue weighted by atomic mass is 9.81. The molecule has 0 saturated carbocycles. The predicted molar refractivity (Wildman–Crippen MR) is 80.1 cm³/mol. The number of rotatable bonds is 1. The summed E-state index contributed by atoms with van der Waals surface area (Å²) in [5, 5.41) is 0. The molecular formula is C14H20FN5. The van der Waals surface area contributed by atoms with Crippen molar-refractivity contribution in [1.82, 2.24) is 4.90 Å². The predicted octanol–water partition coefficient (Wildman–Crippen LogP) is 2.43. The molecule has 0 radical (unpaired) electrons. The number of aliphatic imine (C=N–C) groups is 3. The standard InChI is InChI=1S/C14H20FN5/c1-9-5-6-11(14(9,3)4)20-7-17-10(2)12(16)19-13(15)18-8-20/h6-7,9H,2,5,8H2,1,3-4H3,(H2,16,18,19). The molecule has 1 unspecified atom stereocenters. The van der Waals surface area contributed by atoms with Gasteiger partial charge in [-0.1, -0.05) is 33.4 Å². The second-order valence-electron chi connectivity index (χ2n) is 5.67. The van der Waals surface area contributed by atoms with Gasteiger partial charge in [-0.25, -0.2) is 9.98 Å². The summed E-state index contributed by atoms with van der Waals surface area (Å²) in [7, 11) is 0. The number of hydrogen-bond donors (Lipinski definition) is 1. The van der Waals surface area contributed by atoms with Gasteiger partial charge in [-0.3, -0.25) is 0 Å². The molecule has 20 heavy (non-hydrogen) atoms. The lowest BCUT2D eigenvalue weighted by molar-refractivity contribution is 0.268. The van der Waals surface area contributed by atoms with E-state index in [4.69, 9.17) is 5.73 Å². The Kier molecular flexibility index (Phi) is 3.74. The Hall–Kier alpha value is -1.98. The maximum atomic E-state index is 13.5. The largest absolute Gasteiger partial charge is 0.382 e. The van der Waals surface area contributed by atoms with Crippen LogP contribution < -0.4 is 5.73 Å². The highest BCUT2D eigenvalue weighted by atomic mass is 19.1. The molecule has 2 N–H and O–H groups in total. The Morgan fingerprint density at radius 2 is 2.20 bits per heavy atom. The van der Waals surface area contributed by atoms with Crippen LogP contribution in [0.3, 0.4) is 0 Å². The second-order valence-corrected chi connectivity index (χ2v) is 5.67. The maximum Gasteiger partial charge on any atom is 0.307 e. The molecule has 0 spiro atoms. The Balaban J connectivity index is 2.32. The van der Waals surface area contributed by atoms with Crippen LogP contribution in [0.25, 0.3) is 0 Å². The Labute approximate surface area is 118 Å². The van der Waals surface area contributed by atoms with E-state index < -0.39 is 6.09 Å². The average Bonchev–Trinajstić information content (AvgIpc) is 2.66. The molecule has 0 bridgehead atoms. The van der Waals surface area contributed by atoms with Crippen molar-refractivity contribution in [2.45, 2.75) is 27.2 Å². The van der Waals surface area contributed by atoms with Crippen molar-refractivity contribution in [3.63, 3.8) is 0 Å². The molecule has 0 fully saturated rings. The third kappa shape index (κ3) is 2.64. The van der Waals surface area contributed by atoms with Crippen LogP contribution in [0.1, 0.15) is 27.2 Å². The van der Waals surface area contributed by atoms with Gasteiger partial charge >= 0.3 is 6.09 Å². The highest BCUT2D eigenvalue weighted by Crippen LogP contribution is 2.44. The van der Waals surface area contributed by atoms with Gasteiger partial charge in [0.15, 0.2) is 5.84 Å². The van der Waals surface area contributed by atoms with Crippen LogP contribution in [0.2, 0.25) is 0 Å². The van der Waals surface area contributed by atoms with Gasteiger partial charge in [0.25, 0.3) is 0 Å². The summed E-state index contributed by atoms with van der Waals surface area (Å²) >= 11 is 0. The number of nitrogens with two attached hydrogens (primary N) is 1. The van der Waals surface area contributed by atoms with Gasteiger partial charge in [-0.05, 0) is 12.3 Å². The highest BCUT2D eigenvalue weighted by molar-refractivity contribution is 6.03. The number of amidine groups is 2. The van der Waals surface area contributed by atoms with Crippen LogP contribution in [-0.2, 0) is 0 Å². The highest BCUT2D eigenvalue weighted by Gasteiger charge is 2.36. The minimum atomic E-state index is -0.858. The summed E-state index contributed by atoms with van der Waals surface area (Å²) in [5.74, 6) is 0.453. The Morgan fingerprint density at radius 1 is 1.50 bits per heavy atom. The molecule has 0 aromatic rings. The van der Waals surface area contributed by atoms with Crippen LogP contribution >= 0.6 is 0 Å². The summed E-state index contributed by atoms with van der Waals surface area (Å²) in [4.78, 5) is 13.3. The quantitative estimate of drug-likeness (QED) is 0.748. The molecule has 5 nitrogen and oxygen atoms in total. The van der Waals surface area contributed by atoms with Crippen LogP contribution in [0.4, 0.5) is 4.39 Å². The smallest absolute Gasteiger partial charge is 0.307 e. The molecule has 1 heterocycles. The summed E-state index contributed by atoms with van der Waals surface area (Å²) in [6.07, 6.45) is 3.87. The Morgan fingerprint density at radius 3 is 2.80 bits per heavy atom. The molecule has 0 amide bonds. The van der Waals surface area contributed by atoms with Gasteiger partial charge in [0, 0.05) is 11.1 Å². The van der Waals surface area contributed by atoms with Gasteiger partial charge in [-0.15, -0.1) is 0 Å². The summed E-state index contributed by atoms with van der Waals surface area (Å²) < 4.78 is 13.5. The van der Waals surface area contributed by atoms with Crippen LogP contribution in [0.5, 0.6) is 0 Å². The number of halogens is 1. The minimum Gasteiger partial charge on any atom is -0.382 e. The maximum absolute atomic E-state index is 13.5. The Bertz CT molecular complexity index is 542. The van der Waals surface area contributed by atoms with Crippen LogP contribution in [0, 0.1) is 11.3 Å². The monoisotopic (exact) mass is 277 g/mol. The number of hydrogen-bond acceptors (Lipinski definition) is 5. The first-order valence-corrected chi connectivity index (χ1v) is 6.57. The van der Waals surface area contributed by atoms with Crippen LogP contribution in [-0.4, -0.2) is 29.8 Å². The molecule has 6 heteroatoms. The van der Waals surface area contributed by atoms with Gasteiger partial charge in [0.2, 0.25) is 0 Å². The summed E-state index contributed by atoms with van der Waals surface area (Å²) in [6, 6.07) is 0. The molecule has 0 aromatic carbocycles. The second kappa shape index (κ2) is 5.19. The molecule has 1 aliphatic heterocycles. The summed E-state index contributed by atoms with van der Waals surface area (Å²) in [6.45, 7) is 10.3. The van der Waals surface area contributed by atoms with Crippen molar-refractivity contribution in [3.05, 3.63) is 24.0 Å². The molecule has 1 atom stereocenters. The van der Waals surface area contributed by atoms with Gasteiger partial charge in [-0.2, -0.15) is 9.38 Å². The normalized spacial score (nSPS) is 31.6. The number of nitrogens with zero attached hydrogens (tertiary/aromatic N) is 4. The molecule has 2 rings (SSSR count). The van der Waals surface area contributed by atoms with E-state index in [1.165, 1.54) is 0 Å². The SMILES string of the molecule is C=C1N=CN(C2=CCC(C)C2(C)C)C/N=C(F)\N=C/1N. The lowest BCUT2D eigenvalue weighted by Crippen LogP contribution is -2.32. The minimum absolute atomic E-state index is 0.0141. The third-order valence-electron chi connectivity index (χ3n) is 4.08. The van der Waals surface area contributed by atoms with Gasteiger partial charge in [0.05, 0.1) is 12.0 Å². The fourth-order valence-electron chi connectivity index (χ4n) is 2.30. The van der Waals surface area contributed by atoms with E-state index in [1.807, 2.05) is 4.90 Å². The molecule has 0 aromatic heterocycles. The van der Waals surface area contributed by atoms with E-state index in [9.17, 15) is 4.39 Å². The fourth-order valence-corrected chi connectivity index (χ4v) is 2.30. The molecule has 108 valence electrons. The van der Waals surface area contributed by atoms with Crippen molar-refractivity contribution in [2.24, 2.45) is 32.0 Å². The van der Waals surface area contributed by atoms with Crippen molar-refractivity contribution < 1.29 is 4.39 Å². The zero-order valence-electron chi connectivity index (χ0n) is 12.1. The number of allylic oxidation sites excluding steroid dienone is 2. The first kappa shape index (κ1) is 14.4. The average molecular weight is 277 g/mol. The van der Waals surface area contributed by atoms with E-state index in [0.29, 0.717) is 5.92 Å². The van der Waals surface area contributed by atoms with Gasteiger partial charge < -0.3 is 10.6 Å². The van der Waals surface area contributed by atoms with E-state index in [2.05, 4.69) is 48.4 Å². The van der Waals surface area contributed by atoms with Crippen molar-refractivity contribution in [3.8, 4) is 0 Å². The summed E-state index contributed by atoms with van der Waals surface area (Å²) in [5.41, 5.74) is 6.86. The molecular weight excluding hydrogens is 257 g/mol. The topological polar surface area (TPSA) is 66.3 Å². The molecule has 2 aliphatic rings. The molecule has 1 aliphatic carbocycles. The van der Waals surface area contributed by atoms with Crippen LogP contribution in [0.15, 0.2) is 39.0 Å². The first-order chi connectivity index (χ1) is 9.32. The lowest BCUT2D eigenvalue weighted by Gasteiger charge is -2.33. The van der Waals surface area contributed by atoms with Crippen molar-refractivity contribution in [2.75, 3.05) is 6.67 Å². The zero-order valence-corrected chi connectivity index (χ0v) is 12.1. The van der Waals surface area contributed by atoms with Crippen molar-refractivity contribution in [1.29, 1.82) is 0 Å². The van der Waals surface area contributed by atoms with E-state index in [1.54, 1.807) is 6.34 Å². The molecule has 0 saturated heterocycles. The van der Waals surface area contributed by atoms with E-state index in [-0.39, 0.29) is 23.6 Å². The van der Waals surface area contributed by atoms with E-state index in [0.717, 1.165) is 12.1 Å². The van der Waals surface area contributed by atoms with Gasteiger partial charge in [0.1, 0.15) is 6.67 Å². The zero-order chi connectivity index (χ0) is 14.9. The first-order valence-electron chi connectivity index (χ1n) is 6.57. The van der Waals surface area contributed by atoms with E-state index >= 15 is 0 Å². The van der Waals surface area contributed by atoms with Crippen molar-refractivity contribution >= 4 is 18.3 Å².